The predicted molar refractivity (Wildman–Crippen MR) is 84.2 cm³/mol. The number of urea groups is 1. The third-order valence-electron chi connectivity index (χ3n) is 3.53. The van der Waals surface area contributed by atoms with Gasteiger partial charge in [0, 0.05) is 36.6 Å². The van der Waals surface area contributed by atoms with Gasteiger partial charge in [0.1, 0.15) is 17.2 Å². The lowest BCUT2D eigenvalue weighted by atomic mass is 9.95. The van der Waals surface area contributed by atoms with E-state index in [0.29, 0.717) is 12.6 Å². The van der Waals surface area contributed by atoms with Crippen molar-refractivity contribution in [2.75, 3.05) is 6.54 Å². The van der Waals surface area contributed by atoms with Crippen LogP contribution in [0.25, 0.3) is 0 Å². The van der Waals surface area contributed by atoms with Crippen LogP contribution in [0.1, 0.15) is 19.4 Å². The highest BCUT2D eigenvalue weighted by Gasteiger charge is 2.27. The number of aliphatic hydroxyl groups is 1. The lowest BCUT2D eigenvalue weighted by molar-refractivity contribution is 0.0554. The zero-order chi connectivity index (χ0) is 17.7. The number of nitrogens with one attached hydrogen (secondary N) is 2. The molecule has 0 aliphatic carbocycles. The van der Waals surface area contributed by atoms with Crippen LogP contribution in [-0.4, -0.2) is 33.3 Å². The van der Waals surface area contributed by atoms with Crippen molar-refractivity contribution in [3.05, 3.63) is 54.1 Å². The van der Waals surface area contributed by atoms with E-state index in [0.717, 1.165) is 12.1 Å². The summed E-state index contributed by atoms with van der Waals surface area (Å²) in [6.07, 6.45) is 5.05. The molecule has 8 heteroatoms. The molecule has 6 nitrogen and oxygen atoms in total. The second-order valence-electron chi connectivity index (χ2n) is 5.89. The number of halogens is 2. The van der Waals surface area contributed by atoms with E-state index < -0.39 is 23.3 Å². The van der Waals surface area contributed by atoms with Crippen molar-refractivity contribution in [2.45, 2.75) is 32.0 Å². The fourth-order valence-corrected chi connectivity index (χ4v) is 2.31. The van der Waals surface area contributed by atoms with Crippen LogP contribution in [0.5, 0.6) is 0 Å². The van der Waals surface area contributed by atoms with Crippen molar-refractivity contribution in [2.24, 2.45) is 0 Å². The number of hydrogen-bond acceptors (Lipinski definition) is 3. The molecule has 0 spiro atoms. The zero-order valence-corrected chi connectivity index (χ0v) is 13.5. The molecular weight excluding hydrogens is 318 g/mol. The molecule has 3 N–H and O–H groups in total. The van der Waals surface area contributed by atoms with Gasteiger partial charge in [-0.05, 0) is 19.9 Å². The number of nitrogens with zero attached hydrogens (tertiary/aromatic N) is 2. The molecular formula is C16H20F2N4O2. The first-order valence-corrected chi connectivity index (χ1v) is 7.46. The van der Waals surface area contributed by atoms with Crippen molar-refractivity contribution in [1.29, 1.82) is 0 Å². The first-order valence-electron chi connectivity index (χ1n) is 7.46. The van der Waals surface area contributed by atoms with Gasteiger partial charge in [0.15, 0.2) is 0 Å². The Morgan fingerprint density at radius 3 is 2.83 bits per heavy atom. The summed E-state index contributed by atoms with van der Waals surface area (Å²) < 4.78 is 28.5. The van der Waals surface area contributed by atoms with Crippen molar-refractivity contribution >= 4 is 6.03 Å². The standard InChI is InChI=1S/C16H20F2N4O2/c1-11(8-22-6-5-19-10-22)21-15(23)20-9-16(2,24)13-4-3-12(17)7-14(13)18/h3-7,10-11,24H,8-9H2,1-2H3,(H2,20,21,23). The average molecular weight is 338 g/mol. The summed E-state index contributed by atoms with van der Waals surface area (Å²) in [5, 5.41) is 15.5. The first-order chi connectivity index (χ1) is 11.3. The van der Waals surface area contributed by atoms with Gasteiger partial charge in [0.2, 0.25) is 0 Å². The van der Waals surface area contributed by atoms with E-state index in [1.54, 1.807) is 18.7 Å². The van der Waals surface area contributed by atoms with Gasteiger partial charge < -0.3 is 20.3 Å². The lowest BCUT2D eigenvalue weighted by Crippen LogP contribution is -2.47. The smallest absolute Gasteiger partial charge is 0.315 e. The van der Waals surface area contributed by atoms with Gasteiger partial charge in [0.05, 0.1) is 12.9 Å². The molecule has 2 rings (SSSR count). The molecule has 0 bridgehead atoms. The molecule has 0 fully saturated rings. The third kappa shape index (κ3) is 4.76. The number of aromatic nitrogens is 2. The van der Waals surface area contributed by atoms with Crippen LogP contribution in [0.4, 0.5) is 13.6 Å². The molecule has 0 saturated carbocycles. The van der Waals surface area contributed by atoms with Crippen LogP contribution in [0.15, 0.2) is 36.9 Å². The number of carbonyl (C=O) groups excluding carboxylic acids is 1. The minimum atomic E-state index is -1.66. The first kappa shape index (κ1) is 17.9. The van der Waals surface area contributed by atoms with Crippen LogP contribution < -0.4 is 10.6 Å². The molecule has 1 aromatic heterocycles. The maximum atomic E-state index is 13.8. The summed E-state index contributed by atoms with van der Waals surface area (Å²) in [6, 6.07) is 2.24. The van der Waals surface area contributed by atoms with Gasteiger partial charge in [0.25, 0.3) is 0 Å². The highest BCUT2D eigenvalue weighted by atomic mass is 19.1. The van der Waals surface area contributed by atoms with E-state index in [1.165, 1.54) is 6.92 Å². The normalized spacial score (nSPS) is 14.7. The topological polar surface area (TPSA) is 79.2 Å². The molecule has 0 radical (unpaired) electrons. The summed E-state index contributed by atoms with van der Waals surface area (Å²) in [4.78, 5) is 15.8. The number of carbonyl (C=O) groups is 1. The maximum absolute atomic E-state index is 13.8. The van der Waals surface area contributed by atoms with Crippen LogP contribution in [-0.2, 0) is 12.1 Å². The summed E-state index contributed by atoms with van der Waals surface area (Å²) in [6.45, 7) is 3.48. The number of imidazole rings is 1. The van der Waals surface area contributed by atoms with Crippen molar-refractivity contribution in [3.8, 4) is 0 Å². The second-order valence-corrected chi connectivity index (χ2v) is 5.89. The number of amides is 2. The average Bonchev–Trinajstić information content (AvgIpc) is 2.97. The van der Waals surface area contributed by atoms with E-state index >= 15 is 0 Å². The number of hydrogen-bond donors (Lipinski definition) is 3. The van der Waals surface area contributed by atoms with Gasteiger partial charge in [-0.1, -0.05) is 6.07 Å². The Hall–Kier alpha value is -2.48. The lowest BCUT2D eigenvalue weighted by Gasteiger charge is -2.25. The second kappa shape index (κ2) is 7.39. The fraction of sp³-hybridized carbons (Fsp3) is 0.375. The molecule has 1 heterocycles. The monoisotopic (exact) mass is 338 g/mol. The Bertz CT molecular complexity index is 689. The van der Waals surface area contributed by atoms with Crippen LogP contribution in [0, 0.1) is 11.6 Å². The molecule has 0 saturated heterocycles. The summed E-state index contributed by atoms with van der Waals surface area (Å²) in [5.74, 6) is -1.60. The maximum Gasteiger partial charge on any atom is 0.315 e. The molecule has 2 unspecified atom stereocenters. The molecule has 1 aromatic carbocycles. The molecule has 24 heavy (non-hydrogen) atoms. The molecule has 130 valence electrons. The SMILES string of the molecule is CC(Cn1ccnc1)NC(=O)NCC(C)(O)c1ccc(F)cc1F. The van der Waals surface area contributed by atoms with Gasteiger partial charge in [-0.3, -0.25) is 0 Å². The summed E-state index contributed by atoms with van der Waals surface area (Å²) >= 11 is 0. The Labute approximate surface area is 138 Å². The Kier molecular flexibility index (Phi) is 5.50. The highest BCUT2D eigenvalue weighted by molar-refractivity contribution is 5.74. The van der Waals surface area contributed by atoms with Crippen molar-refractivity contribution < 1.29 is 18.7 Å². The highest BCUT2D eigenvalue weighted by Crippen LogP contribution is 2.23. The van der Waals surface area contributed by atoms with E-state index in [-0.39, 0.29) is 18.2 Å². The van der Waals surface area contributed by atoms with Crippen molar-refractivity contribution in [3.63, 3.8) is 0 Å². The Morgan fingerprint density at radius 2 is 2.21 bits per heavy atom. The molecule has 2 aromatic rings. The molecule has 2 atom stereocenters. The van der Waals surface area contributed by atoms with E-state index in [1.807, 2.05) is 11.5 Å². The van der Waals surface area contributed by atoms with Crippen LogP contribution >= 0.6 is 0 Å². The minimum Gasteiger partial charge on any atom is -0.383 e. The molecule has 0 aliphatic heterocycles. The number of rotatable bonds is 6. The Balaban J connectivity index is 1.87. The van der Waals surface area contributed by atoms with Gasteiger partial charge in [-0.25, -0.2) is 18.6 Å². The van der Waals surface area contributed by atoms with Crippen LogP contribution in [0.2, 0.25) is 0 Å². The largest absolute Gasteiger partial charge is 0.383 e. The summed E-state index contributed by atoms with van der Waals surface area (Å²) in [7, 11) is 0. The third-order valence-corrected chi connectivity index (χ3v) is 3.53. The van der Waals surface area contributed by atoms with Gasteiger partial charge >= 0.3 is 6.03 Å². The summed E-state index contributed by atoms with van der Waals surface area (Å²) in [5.41, 5.74) is -1.75. The minimum absolute atomic E-state index is 0.0873. The molecule has 2 amide bonds. The van der Waals surface area contributed by atoms with E-state index in [2.05, 4.69) is 15.6 Å². The zero-order valence-electron chi connectivity index (χ0n) is 13.5. The van der Waals surface area contributed by atoms with Crippen molar-refractivity contribution in [1.82, 2.24) is 20.2 Å². The quantitative estimate of drug-likeness (QED) is 0.751. The molecule has 0 aliphatic rings. The Morgan fingerprint density at radius 1 is 1.46 bits per heavy atom. The van der Waals surface area contributed by atoms with Gasteiger partial charge in [-0.15, -0.1) is 0 Å². The van der Waals surface area contributed by atoms with E-state index in [9.17, 15) is 18.7 Å². The fourth-order valence-electron chi connectivity index (χ4n) is 2.31. The van der Waals surface area contributed by atoms with Crippen LogP contribution in [0.3, 0.4) is 0 Å². The van der Waals surface area contributed by atoms with Gasteiger partial charge in [-0.2, -0.15) is 0 Å². The number of benzene rings is 1. The van der Waals surface area contributed by atoms with E-state index in [4.69, 9.17) is 0 Å². The predicted octanol–water partition coefficient (Wildman–Crippen LogP) is 1.76.